The lowest BCUT2D eigenvalue weighted by atomic mass is 9.99. The van der Waals surface area contributed by atoms with Gasteiger partial charge in [-0.25, -0.2) is 0 Å². The molecule has 0 bridgehead atoms. The Hall–Kier alpha value is -0.570. The van der Waals surface area contributed by atoms with Crippen molar-refractivity contribution < 1.29 is 4.79 Å². The zero-order valence-corrected chi connectivity index (χ0v) is 12.0. The minimum Gasteiger partial charge on any atom is -0.296 e. The van der Waals surface area contributed by atoms with Gasteiger partial charge in [-0.05, 0) is 50.0 Å². The molecule has 1 aliphatic heterocycles. The Bertz CT molecular complexity index is 439. The van der Waals surface area contributed by atoms with E-state index in [9.17, 15) is 4.79 Å². The topological polar surface area (TPSA) is 20.3 Å². The number of rotatable bonds is 3. The Kier molecular flexibility index (Phi) is 4.66. The fraction of sp³-hybridized carbons (Fsp3) is 0.500. The highest BCUT2D eigenvalue weighted by molar-refractivity contribution is 6.42. The molecule has 1 aliphatic rings. The summed E-state index contributed by atoms with van der Waals surface area (Å²) in [6, 6.07) is 5.07. The highest BCUT2D eigenvalue weighted by Crippen LogP contribution is 2.23. The molecule has 98 valence electrons. The molecule has 0 amide bonds. The highest BCUT2D eigenvalue weighted by Gasteiger charge is 2.18. The second kappa shape index (κ2) is 6.05. The number of Topliss-reactive ketones (excluding diaryl/α,β-unsaturated/α-hetero) is 1. The predicted molar refractivity (Wildman–Crippen MR) is 75.6 cm³/mol. The van der Waals surface area contributed by atoms with E-state index in [-0.39, 0.29) is 5.78 Å². The molecule has 0 atom stereocenters. The molecule has 1 heterocycles. The molecule has 0 unspecified atom stereocenters. The highest BCUT2D eigenvalue weighted by atomic mass is 35.5. The number of likely N-dealkylation sites (tertiary alicyclic amines) is 1. The Balaban J connectivity index is 1.97. The smallest absolute Gasteiger partial charge is 0.176 e. The summed E-state index contributed by atoms with van der Waals surface area (Å²) < 4.78 is 0. The first-order chi connectivity index (χ1) is 8.56. The van der Waals surface area contributed by atoms with E-state index in [0.717, 1.165) is 19.0 Å². The van der Waals surface area contributed by atoms with Crippen LogP contribution in [0, 0.1) is 5.92 Å². The van der Waals surface area contributed by atoms with Crippen LogP contribution in [0.1, 0.15) is 30.1 Å². The van der Waals surface area contributed by atoms with Gasteiger partial charge in [0, 0.05) is 5.56 Å². The SMILES string of the molecule is CC1CCN(CC(=O)c2ccc(Cl)c(Cl)c2)CC1. The van der Waals surface area contributed by atoms with Crippen LogP contribution in [0.25, 0.3) is 0 Å². The summed E-state index contributed by atoms with van der Waals surface area (Å²) in [7, 11) is 0. The molecule has 0 N–H and O–H groups in total. The molecule has 18 heavy (non-hydrogen) atoms. The number of piperidine rings is 1. The van der Waals surface area contributed by atoms with Gasteiger partial charge in [0.05, 0.1) is 16.6 Å². The second-order valence-electron chi connectivity index (χ2n) is 5.01. The van der Waals surface area contributed by atoms with Crippen LogP contribution in [0.15, 0.2) is 18.2 Å². The standard InChI is InChI=1S/C14H17Cl2NO/c1-10-4-6-17(7-5-10)9-14(18)11-2-3-12(15)13(16)8-11/h2-3,8,10H,4-7,9H2,1H3. The number of hydrogen-bond acceptors (Lipinski definition) is 2. The summed E-state index contributed by atoms with van der Waals surface area (Å²) in [6.45, 7) is 4.76. The van der Waals surface area contributed by atoms with Gasteiger partial charge in [-0.15, -0.1) is 0 Å². The maximum Gasteiger partial charge on any atom is 0.176 e. The average Bonchev–Trinajstić information content (AvgIpc) is 2.35. The molecule has 2 nitrogen and oxygen atoms in total. The Morgan fingerprint density at radius 3 is 2.56 bits per heavy atom. The van der Waals surface area contributed by atoms with Gasteiger partial charge in [-0.2, -0.15) is 0 Å². The van der Waals surface area contributed by atoms with E-state index in [1.165, 1.54) is 12.8 Å². The van der Waals surface area contributed by atoms with E-state index in [2.05, 4.69) is 11.8 Å². The average molecular weight is 286 g/mol. The number of nitrogens with zero attached hydrogens (tertiary/aromatic N) is 1. The Morgan fingerprint density at radius 1 is 1.28 bits per heavy atom. The molecule has 0 spiro atoms. The second-order valence-corrected chi connectivity index (χ2v) is 5.83. The van der Waals surface area contributed by atoms with Crippen LogP contribution >= 0.6 is 23.2 Å². The van der Waals surface area contributed by atoms with Crippen molar-refractivity contribution >= 4 is 29.0 Å². The normalized spacial score (nSPS) is 17.9. The van der Waals surface area contributed by atoms with Crippen molar-refractivity contribution in [2.24, 2.45) is 5.92 Å². The minimum absolute atomic E-state index is 0.114. The van der Waals surface area contributed by atoms with Crippen molar-refractivity contribution in [3.8, 4) is 0 Å². The maximum absolute atomic E-state index is 12.1. The van der Waals surface area contributed by atoms with Crippen LogP contribution in [-0.4, -0.2) is 30.3 Å². The number of benzene rings is 1. The molecule has 0 aromatic heterocycles. The van der Waals surface area contributed by atoms with Gasteiger partial charge in [0.25, 0.3) is 0 Å². The minimum atomic E-state index is 0.114. The number of hydrogen-bond donors (Lipinski definition) is 0. The molecule has 1 aromatic carbocycles. The molecule has 0 radical (unpaired) electrons. The first-order valence-corrected chi connectivity index (χ1v) is 7.02. The van der Waals surface area contributed by atoms with Crippen LogP contribution in [0.2, 0.25) is 10.0 Å². The van der Waals surface area contributed by atoms with Crippen LogP contribution in [0.5, 0.6) is 0 Å². The first kappa shape index (κ1) is 13.9. The van der Waals surface area contributed by atoms with Gasteiger partial charge in [0.2, 0.25) is 0 Å². The number of carbonyl (C=O) groups is 1. The molecule has 1 aromatic rings. The number of ketones is 1. The van der Waals surface area contributed by atoms with Gasteiger partial charge in [-0.1, -0.05) is 30.1 Å². The molecule has 2 rings (SSSR count). The van der Waals surface area contributed by atoms with Crippen LogP contribution < -0.4 is 0 Å². The lowest BCUT2D eigenvalue weighted by molar-refractivity contribution is 0.0900. The molecule has 1 saturated heterocycles. The zero-order valence-electron chi connectivity index (χ0n) is 10.5. The summed E-state index contributed by atoms with van der Waals surface area (Å²) in [5.41, 5.74) is 0.642. The van der Waals surface area contributed by atoms with Gasteiger partial charge < -0.3 is 0 Å². The third-order valence-electron chi connectivity index (χ3n) is 3.49. The Morgan fingerprint density at radius 2 is 1.94 bits per heavy atom. The number of halogens is 2. The van der Waals surface area contributed by atoms with E-state index in [1.807, 2.05) is 0 Å². The maximum atomic E-state index is 12.1. The molecular formula is C14H17Cl2NO. The number of carbonyl (C=O) groups excluding carboxylic acids is 1. The molecule has 1 fully saturated rings. The third-order valence-corrected chi connectivity index (χ3v) is 4.22. The molecular weight excluding hydrogens is 269 g/mol. The third kappa shape index (κ3) is 3.47. The first-order valence-electron chi connectivity index (χ1n) is 6.27. The van der Waals surface area contributed by atoms with Crippen LogP contribution in [-0.2, 0) is 0 Å². The van der Waals surface area contributed by atoms with Crippen LogP contribution in [0.4, 0.5) is 0 Å². The van der Waals surface area contributed by atoms with Crippen molar-refractivity contribution in [2.45, 2.75) is 19.8 Å². The molecule has 4 heteroatoms. The molecule has 0 aliphatic carbocycles. The van der Waals surface area contributed by atoms with Crippen molar-refractivity contribution in [2.75, 3.05) is 19.6 Å². The fourth-order valence-electron chi connectivity index (χ4n) is 2.18. The van der Waals surface area contributed by atoms with E-state index < -0.39 is 0 Å². The van der Waals surface area contributed by atoms with Gasteiger partial charge in [0.1, 0.15) is 0 Å². The lowest BCUT2D eigenvalue weighted by Crippen LogP contribution is -2.36. The predicted octanol–water partition coefficient (Wildman–Crippen LogP) is 3.91. The Labute approximate surface area is 118 Å². The summed E-state index contributed by atoms with van der Waals surface area (Å²) in [5.74, 6) is 0.893. The van der Waals surface area contributed by atoms with Gasteiger partial charge in [0.15, 0.2) is 5.78 Å². The summed E-state index contributed by atoms with van der Waals surface area (Å²) >= 11 is 11.8. The zero-order chi connectivity index (χ0) is 13.1. The van der Waals surface area contributed by atoms with Crippen molar-refractivity contribution in [3.63, 3.8) is 0 Å². The van der Waals surface area contributed by atoms with Crippen LogP contribution in [0.3, 0.4) is 0 Å². The largest absolute Gasteiger partial charge is 0.296 e. The summed E-state index contributed by atoms with van der Waals surface area (Å²) in [6.07, 6.45) is 2.35. The molecule has 0 saturated carbocycles. The summed E-state index contributed by atoms with van der Waals surface area (Å²) in [4.78, 5) is 14.3. The van der Waals surface area contributed by atoms with Crippen molar-refractivity contribution in [3.05, 3.63) is 33.8 Å². The van der Waals surface area contributed by atoms with E-state index in [4.69, 9.17) is 23.2 Å². The van der Waals surface area contributed by atoms with Gasteiger partial charge >= 0.3 is 0 Å². The van der Waals surface area contributed by atoms with Crippen molar-refractivity contribution in [1.29, 1.82) is 0 Å². The quantitative estimate of drug-likeness (QED) is 0.785. The van der Waals surface area contributed by atoms with Crippen molar-refractivity contribution in [1.82, 2.24) is 4.90 Å². The summed E-state index contributed by atoms with van der Waals surface area (Å²) in [5, 5.41) is 0.926. The lowest BCUT2D eigenvalue weighted by Gasteiger charge is -2.29. The van der Waals surface area contributed by atoms with E-state index >= 15 is 0 Å². The van der Waals surface area contributed by atoms with E-state index in [1.54, 1.807) is 18.2 Å². The van der Waals surface area contributed by atoms with E-state index in [0.29, 0.717) is 22.2 Å². The van der Waals surface area contributed by atoms with Gasteiger partial charge in [-0.3, -0.25) is 9.69 Å². The fourth-order valence-corrected chi connectivity index (χ4v) is 2.48. The monoisotopic (exact) mass is 285 g/mol.